The lowest BCUT2D eigenvalue weighted by Crippen LogP contribution is -1.95. The molecule has 0 heteroatoms. The van der Waals surface area contributed by atoms with E-state index in [1.54, 1.807) is 0 Å². The van der Waals surface area contributed by atoms with Crippen LogP contribution in [0.3, 0.4) is 0 Å². The summed E-state index contributed by atoms with van der Waals surface area (Å²) in [6, 6.07) is 89.8. The van der Waals surface area contributed by atoms with Crippen LogP contribution in [-0.4, -0.2) is 0 Å². The predicted molar refractivity (Wildman–Crippen MR) is 274 cm³/mol. The number of hydrogen-bond acceptors (Lipinski definition) is 0. The fourth-order valence-corrected chi connectivity index (χ4v) is 11.0. The van der Waals surface area contributed by atoms with Crippen LogP contribution in [-0.2, 0) is 0 Å². The molecule has 0 radical (unpaired) electrons. The van der Waals surface area contributed by atoms with Gasteiger partial charge in [-0.15, -0.1) is 0 Å². The molecule has 0 N–H and O–H groups in total. The Bertz CT molecular complexity index is 3670. The topological polar surface area (TPSA) is 0 Å². The summed E-state index contributed by atoms with van der Waals surface area (Å²) >= 11 is 0. The average Bonchev–Trinajstić information content (AvgIpc) is 3.70. The molecule has 0 unspecified atom stereocenters. The minimum atomic E-state index is 1.21. The Morgan fingerprint density at radius 3 is 0.875 bits per heavy atom. The third-order valence-corrected chi connectivity index (χ3v) is 13.6. The maximum atomic E-state index is 2.51. The van der Waals surface area contributed by atoms with Crippen LogP contribution in [0.1, 0.15) is 0 Å². The van der Waals surface area contributed by atoms with Gasteiger partial charge in [-0.2, -0.15) is 0 Å². The molecule has 1 aliphatic rings. The van der Waals surface area contributed by atoms with E-state index in [4.69, 9.17) is 0 Å². The largest absolute Gasteiger partial charge is 0.0622 e. The highest BCUT2D eigenvalue weighted by atomic mass is 14.3. The zero-order valence-electron chi connectivity index (χ0n) is 35.1. The van der Waals surface area contributed by atoms with E-state index in [1.165, 1.54) is 132 Å². The lowest BCUT2D eigenvalue weighted by atomic mass is 9.80. The summed E-state index contributed by atoms with van der Waals surface area (Å²) in [4.78, 5) is 0. The molecule has 0 atom stereocenters. The molecule has 0 aromatic heterocycles. The van der Waals surface area contributed by atoms with Crippen molar-refractivity contribution in [3.05, 3.63) is 243 Å². The molecule has 0 nitrogen and oxygen atoms in total. The van der Waals surface area contributed by atoms with E-state index in [2.05, 4.69) is 243 Å². The summed E-state index contributed by atoms with van der Waals surface area (Å²) < 4.78 is 0. The molecule has 0 aliphatic heterocycles. The summed E-state index contributed by atoms with van der Waals surface area (Å²) in [6.45, 7) is 0. The minimum Gasteiger partial charge on any atom is -0.0622 e. The Hall–Kier alpha value is -8.32. The number of rotatable bonds is 6. The predicted octanol–water partition coefficient (Wildman–Crippen LogP) is 17.9. The zero-order valence-corrected chi connectivity index (χ0v) is 35.1. The van der Waals surface area contributed by atoms with Gasteiger partial charge in [-0.25, -0.2) is 0 Å². The highest BCUT2D eigenvalue weighted by molar-refractivity contribution is 6.31. The Labute approximate surface area is 373 Å². The van der Waals surface area contributed by atoms with E-state index in [9.17, 15) is 0 Å². The third kappa shape index (κ3) is 5.49. The van der Waals surface area contributed by atoms with Gasteiger partial charge in [0.15, 0.2) is 0 Å². The van der Waals surface area contributed by atoms with Crippen molar-refractivity contribution >= 4 is 43.1 Å². The molecule has 0 saturated heterocycles. The first-order chi connectivity index (χ1) is 31.8. The first-order valence-electron chi connectivity index (χ1n) is 22.3. The highest BCUT2D eigenvalue weighted by Crippen LogP contribution is 2.60. The molecule has 64 heavy (non-hydrogen) atoms. The van der Waals surface area contributed by atoms with Crippen molar-refractivity contribution in [2.45, 2.75) is 0 Å². The number of benzene rings is 12. The first kappa shape index (κ1) is 36.3. The van der Waals surface area contributed by atoms with E-state index >= 15 is 0 Å². The average molecular weight is 809 g/mol. The molecule has 0 amide bonds. The summed E-state index contributed by atoms with van der Waals surface area (Å²) in [5.74, 6) is 0. The summed E-state index contributed by atoms with van der Waals surface area (Å²) in [5, 5.41) is 10.1. The SMILES string of the molecule is c1ccc(-c2c3c(c(-c4ccccc4)c4cc(-c5c6ccccc6c(-c6ccccc6)c6ccccc56)ccc24)-c2ccc(-c4ccccc4)c4c(-c5ccccc5)ccc-3c24)cc1. The van der Waals surface area contributed by atoms with Gasteiger partial charge in [-0.3, -0.25) is 0 Å². The van der Waals surface area contributed by atoms with Crippen LogP contribution in [0.15, 0.2) is 243 Å². The second-order valence-electron chi connectivity index (χ2n) is 17.0. The second-order valence-corrected chi connectivity index (χ2v) is 17.0. The van der Waals surface area contributed by atoms with Crippen molar-refractivity contribution in [3.63, 3.8) is 0 Å². The number of fused-ring (bicyclic) bond motifs is 6. The lowest BCUT2D eigenvalue weighted by Gasteiger charge is -2.22. The Kier molecular flexibility index (Phi) is 8.32. The Morgan fingerprint density at radius 2 is 0.453 bits per heavy atom. The lowest BCUT2D eigenvalue weighted by molar-refractivity contribution is 1.62. The van der Waals surface area contributed by atoms with Crippen molar-refractivity contribution in [1.29, 1.82) is 0 Å². The summed E-state index contributed by atoms with van der Waals surface area (Å²) in [6.07, 6.45) is 0. The molecule has 296 valence electrons. The molecular weight excluding hydrogens is 769 g/mol. The Balaban J connectivity index is 1.19. The number of hydrogen-bond donors (Lipinski definition) is 0. The van der Waals surface area contributed by atoms with Crippen molar-refractivity contribution in [1.82, 2.24) is 0 Å². The van der Waals surface area contributed by atoms with Gasteiger partial charge in [0.2, 0.25) is 0 Å². The van der Waals surface area contributed by atoms with Gasteiger partial charge in [0.25, 0.3) is 0 Å². The van der Waals surface area contributed by atoms with Gasteiger partial charge in [-0.05, 0) is 138 Å². The van der Waals surface area contributed by atoms with Crippen LogP contribution in [0, 0.1) is 0 Å². The van der Waals surface area contributed by atoms with Crippen LogP contribution in [0.5, 0.6) is 0 Å². The van der Waals surface area contributed by atoms with Gasteiger partial charge >= 0.3 is 0 Å². The molecule has 1 aliphatic carbocycles. The minimum absolute atomic E-state index is 1.21. The van der Waals surface area contributed by atoms with Gasteiger partial charge < -0.3 is 0 Å². The van der Waals surface area contributed by atoms with Gasteiger partial charge in [0.05, 0.1) is 0 Å². The van der Waals surface area contributed by atoms with Gasteiger partial charge in [0.1, 0.15) is 0 Å². The molecule has 12 aromatic rings. The quantitative estimate of drug-likeness (QED) is 0.147. The van der Waals surface area contributed by atoms with Crippen molar-refractivity contribution < 1.29 is 0 Å². The first-order valence-corrected chi connectivity index (χ1v) is 22.3. The van der Waals surface area contributed by atoms with E-state index in [-0.39, 0.29) is 0 Å². The van der Waals surface area contributed by atoms with Crippen LogP contribution in [0.2, 0.25) is 0 Å². The van der Waals surface area contributed by atoms with Crippen molar-refractivity contribution in [2.24, 2.45) is 0 Å². The molecule has 13 rings (SSSR count). The van der Waals surface area contributed by atoms with E-state index < -0.39 is 0 Å². The molecule has 0 heterocycles. The monoisotopic (exact) mass is 808 g/mol. The van der Waals surface area contributed by atoms with Crippen LogP contribution in [0.4, 0.5) is 0 Å². The standard InChI is InChI=1S/C64H40/c1-6-20-41(21-7-1)47-36-38-54-62-55(39-37-48(61(47)62)42-22-8-2-9-23-42)64-60(45-28-14-5-15-29-45)56-40-46(34-35-53(56)59(63(54)64)44-26-12-4-13-27-44)58-51-32-18-16-30-49(51)57(43-24-10-3-11-25-43)50-31-17-19-33-52(50)58/h1-40H. The van der Waals surface area contributed by atoms with Gasteiger partial charge in [-0.1, -0.05) is 237 Å². The van der Waals surface area contributed by atoms with E-state index in [0.29, 0.717) is 0 Å². The normalized spacial score (nSPS) is 11.8. The van der Waals surface area contributed by atoms with Crippen molar-refractivity contribution in [2.75, 3.05) is 0 Å². The van der Waals surface area contributed by atoms with Crippen LogP contribution >= 0.6 is 0 Å². The van der Waals surface area contributed by atoms with E-state index in [0.717, 1.165) is 0 Å². The highest BCUT2D eigenvalue weighted by Gasteiger charge is 2.33. The Morgan fingerprint density at radius 1 is 0.156 bits per heavy atom. The zero-order chi connectivity index (χ0) is 42.1. The maximum Gasteiger partial charge on any atom is -0.000740 e. The van der Waals surface area contributed by atoms with E-state index in [1.807, 2.05) is 0 Å². The molecular formula is C64H40. The van der Waals surface area contributed by atoms with Crippen LogP contribution < -0.4 is 0 Å². The molecule has 0 fully saturated rings. The smallest absolute Gasteiger partial charge is 0.000740 e. The summed E-state index contributed by atoms with van der Waals surface area (Å²) in [7, 11) is 0. The fraction of sp³-hybridized carbons (Fsp3) is 0. The maximum absolute atomic E-state index is 2.51. The molecule has 12 aromatic carbocycles. The molecule has 0 saturated carbocycles. The van der Waals surface area contributed by atoms with Crippen LogP contribution in [0.25, 0.3) is 132 Å². The van der Waals surface area contributed by atoms with Crippen molar-refractivity contribution in [3.8, 4) is 89.0 Å². The molecule has 0 spiro atoms. The summed E-state index contributed by atoms with van der Waals surface area (Å²) in [5.41, 5.74) is 20.1. The second kappa shape index (κ2) is 14.7. The molecule has 0 bridgehead atoms. The van der Waals surface area contributed by atoms with Gasteiger partial charge in [0, 0.05) is 0 Å². The fourth-order valence-electron chi connectivity index (χ4n) is 11.0. The third-order valence-electron chi connectivity index (χ3n) is 13.6.